The van der Waals surface area contributed by atoms with Crippen molar-refractivity contribution >= 4 is 28.8 Å². The molecule has 1 fully saturated rings. The first-order chi connectivity index (χ1) is 15.0. The summed E-state index contributed by atoms with van der Waals surface area (Å²) >= 11 is 1.46. The quantitative estimate of drug-likeness (QED) is 0.340. The Bertz CT molecular complexity index is 1120. The Kier molecular flexibility index (Phi) is 5.91. The Hall–Kier alpha value is -3.38. The highest BCUT2D eigenvalue weighted by atomic mass is 32.1. The van der Waals surface area contributed by atoms with Gasteiger partial charge in [-0.2, -0.15) is 0 Å². The van der Waals surface area contributed by atoms with Crippen LogP contribution in [0.2, 0.25) is 0 Å². The number of hydrogen-bond donors (Lipinski definition) is 1. The number of ketones is 1. The summed E-state index contributed by atoms with van der Waals surface area (Å²) in [6.45, 7) is 2.30. The standard InChI is InChI=1S/C25H23NO4S/c1-3-16-6-10-18(11-7-16)23(27)21-22(20-5-4-14-31-20)26(25(29)24(21)28)15-17-8-12-19(30-2)13-9-17/h4-14,22,27H,3,15H2,1-2H3/b23-21-. The summed E-state index contributed by atoms with van der Waals surface area (Å²) in [6.07, 6.45) is 0.877. The molecular formula is C25H23NO4S. The molecule has 1 aliphatic rings. The van der Waals surface area contributed by atoms with Crippen LogP contribution in [-0.2, 0) is 22.6 Å². The summed E-state index contributed by atoms with van der Waals surface area (Å²) in [7, 11) is 1.59. The van der Waals surface area contributed by atoms with Gasteiger partial charge in [0.25, 0.3) is 11.7 Å². The fourth-order valence-electron chi connectivity index (χ4n) is 3.77. The molecule has 31 heavy (non-hydrogen) atoms. The molecule has 1 aromatic heterocycles. The predicted octanol–water partition coefficient (Wildman–Crippen LogP) is 4.94. The number of aliphatic hydroxyl groups excluding tert-OH is 1. The number of carbonyl (C=O) groups is 2. The summed E-state index contributed by atoms with van der Waals surface area (Å²) < 4.78 is 5.20. The Morgan fingerprint density at radius 1 is 1.03 bits per heavy atom. The van der Waals surface area contributed by atoms with E-state index in [0.717, 1.165) is 28.2 Å². The molecule has 0 radical (unpaired) electrons. The van der Waals surface area contributed by atoms with Crippen molar-refractivity contribution in [2.45, 2.75) is 25.9 Å². The first-order valence-electron chi connectivity index (χ1n) is 10.1. The van der Waals surface area contributed by atoms with Crippen molar-refractivity contribution in [3.05, 3.63) is 93.2 Å². The maximum Gasteiger partial charge on any atom is 0.295 e. The molecule has 6 heteroatoms. The van der Waals surface area contributed by atoms with Gasteiger partial charge < -0.3 is 14.7 Å². The molecule has 5 nitrogen and oxygen atoms in total. The van der Waals surface area contributed by atoms with Gasteiger partial charge in [0.05, 0.1) is 18.7 Å². The molecule has 1 amide bonds. The normalized spacial score (nSPS) is 17.9. The maximum absolute atomic E-state index is 13.0. The Balaban J connectivity index is 1.77. The second-order valence-electron chi connectivity index (χ2n) is 7.34. The number of aryl methyl sites for hydroxylation is 1. The number of amides is 1. The minimum absolute atomic E-state index is 0.130. The average molecular weight is 434 g/mol. The third kappa shape index (κ3) is 3.99. The lowest BCUT2D eigenvalue weighted by molar-refractivity contribution is -0.140. The lowest BCUT2D eigenvalue weighted by Crippen LogP contribution is -2.28. The molecule has 1 N–H and O–H groups in total. The van der Waals surface area contributed by atoms with Gasteiger partial charge in [-0.15, -0.1) is 11.3 Å². The van der Waals surface area contributed by atoms with E-state index >= 15 is 0 Å². The first-order valence-corrected chi connectivity index (χ1v) is 11.0. The second-order valence-corrected chi connectivity index (χ2v) is 8.32. The van der Waals surface area contributed by atoms with E-state index in [4.69, 9.17) is 4.74 Å². The molecular weight excluding hydrogens is 410 g/mol. The zero-order valence-electron chi connectivity index (χ0n) is 17.4. The molecule has 1 aliphatic heterocycles. The largest absolute Gasteiger partial charge is 0.507 e. The van der Waals surface area contributed by atoms with Gasteiger partial charge in [0.2, 0.25) is 0 Å². The van der Waals surface area contributed by atoms with E-state index in [9.17, 15) is 14.7 Å². The average Bonchev–Trinajstić information content (AvgIpc) is 3.42. The molecule has 0 aliphatic carbocycles. The fourth-order valence-corrected chi connectivity index (χ4v) is 4.61. The minimum Gasteiger partial charge on any atom is -0.507 e. The number of rotatable bonds is 6. The number of nitrogens with zero attached hydrogens (tertiary/aromatic N) is 1. The highest BCUT2D eigenvalue weighted by Gasteiger charge is 2.46. The summed E-state index contributed by atoms with van der Waals surface area (Å²) in [5.74, 6) is -0.697. The van der Waals surface area contributed by atoms with Gasteiger partial charge in [0.1, 0.15) is 11.5 Å². The van der Waals surface area contributed by atoms with Crippen LogP contribution in [-0.4, -0.2) is 28.8 Å². The molecule has 4 rings (SSSR count). The zero-order valence-corrected chi connectivity index (χ0v) is 18.2. The second kappa shape index (κ2) is 8.78. The lowest BCUT2D eigenvalue weighted by atomic mass is 9.99. The van der Waals surface area contributed by atoms with Crippen molar-refractivity contribution in [3.63, 3.8) is 0 Å². The topological polar surface area (TPSA) is 66.8 Å². The van der Waals surface area contributed by atoms with Crippen molar-refractivity contribution in [2.24, 2.45) is 0 Å². The van der Waals surface area contributed by atoms with Crippen molar-refractivity contribution in [2.75, 3.05) is 7.11 Å². The van der Waals surface area contributed by atoms with Gasteiger partial charge >= 0.3 is 0 Å². The summed E-state index contributed by atoms with van der Waals surface area (Å²) in [4.78, 5) is 28.4. The van der Waals surface area contributed by atoms with Crippen LogP contribution in [0.4, 0.5) is 0 Å². The molecule has 0 bridgehead atoms. The smallest absolute Gasteiger partial charge is 0.295 e. The highest BCUT2D eigenvalue weighted by Crippen LogP contribution is 2.41. The first kappa shape index (κ1) is 20.9. The number of hydrogen-bond acceptors (Lipinski definition) is 5. The van der Waals surface area contributed by atoms with Gasteiger partial charge in [-0.1, -0.05) is 49.4 Å². The van der Waals surface area contributed by atoms with Crippen molar-refractivity contribution in [1.29, 1.82) is 0 Å². The number of thiophene rings is 1. The number of likely N-dealkylation sites (tertiary alicyclic amines) is 1. The molecule has 0 spiro atoms. The van der Waals surface area contributed by atoms with Gasteiger partial charge in [0, 0.05) is 17.0 Å². The summed E-state index contributed by atoms with van der Waals surface area (Å²) in [5, 5.41) is 13.0. The number of methoxy groups -OCH3 is 1. The van der Waals surface area contributed by atoms with E-state index in [1.165, 1.54) is 16.2 Å². The lowest BCUT2D eigenvalue weighted by Gasteiger charge is -2.24. The van der Waals surface area contributed by atoms with Gasteiger partial charge in [0.15, 0.2) is 0 Å². The third-order valence-electron chi connectivity index (χ3n) is 5.50. The summed E-state index contributed by atoms with van der Waals surface area (Å²) in [6, 6.07) is 17.9. The van der Waals surface area contributed by atoms with E-state index < -0.39 is 17.7 Å². The third-order valence-corrected chi connectivity index (χ3v) is 6.42. The zero-order chi connectivity index (χ0) is 22.0. The highest BCUT2D eigenvalue weighted by molar-refractivity contribution is 7.10. The SMILES string of the molecule is CCc1ccc(/C(O)=C2/C(=O)C(=O)N(Cc3ccc(OC)cc3)C2c2cccs2)cc1. The number of Topliss-reactive ketones (excluding diaryl/α,β-unsaturated/α-hetero) is 1. The molecule has 0 saturated carbocycles. The van der Waals surface area contributed by atoms with E-state index in [1.807, 2.05) is 53.9 Å². The summed E-state index contributed by atoms with van der Waals surface area (Å²) in [5.41, 5.74) is 2.66. The number of ether oxygens (including phenoxy) is 1. The Morgan fingerprint density at radius 3 is 2.29 bits per heavy atom. The van der Waals surface area contributed by atoms with E-state index in [-0.39, 0.29) is 17.9 Å². The Labute approximate surface area is 185 Å². The van der Waals surface area contributed by atoms with Gasteiger partial charge in [-0.05, 0) is 41.1 Å². The van der Waals surface area contributed by atoms with E-state index in [1.54, 1.807) is 19.2 Å². The van der Waals surface area contributed by atoms with E-state index in [2.05, 4.69) is 6.92 Å². The van der Waals surface area contributed by atoms with Crippen LogP contribution in [0.3, 0.4) is 0 Å². The van der Waals surface area contributed by atoms with Crippen LogP contribution in [0.5, 0.6) is 5.75 Å². The molecule has 3 aromatic rings. The van der Waals surface area contributed by atoms with Crippen LogP contribution in [0.1, 0.15) is 34.5 Å². The van der Waals surface area contributed by atoms with Crippen molar-refractivity contribution < 1.29 is 19.4 Å². The number of aliphatic hydroxyl groups is 1. The minimum atomic E-state index is -0.663. The number of benzene rings is 2. The predicted molar refractivity (Wildman–Crippen MR) is 121 cm³/mol. The van der Waals surface area contributed by atoms with Crippen molar-refractivity contribution in [1.82, 2.24) is 4.90 Å². The Morgan fingerprint density at radius 2 is 1.71 bits per heavy atom. The van der Waals surface area contributed by atoms with Crippen molar-refractivity contribution in [3.8, 4) is 5.75 Å². The molecule has 158 valence electrons. The van der Waals surface area contributed by atoms with Gasteiger partial charge in [-0.3, -0.25) is 9.59 Å². The molecule has 1 unspecified atom stereocenters. The maximum atomic E-state index is 13.0. The van der Waals surface area contributed by atoms with Crippen LogP contribution >= 0.6 is 11.3 Å². The van der Waals surface area contributed by atoms with Crippen LogP contribution in [0, 0.1) is 0 Å². The number of carbonyl (C=O) groups excluding carboxylic acids is 2. The monoisotopic (exact) mass is 433 g/mol. The molecule has 1 saturated heterocycles. The fraction of sp³-hybridized carbons (Fsp3) is 0.200. The van der Waals surface area contributed by atoms with Crippen LogP contribution in [0.15, 0.2) is 71.6 Å². The molecule has 1 atom stereocenters. The van der Waals surface area contributed by atoms with E-state index in [0.29, 0.717) is 5.56 Å². The molecule has 2 heterocycles. The van der Waals surface area contributed by atoms with Crippen LogP contribution in [0.25, 0.3) is 5.76 Å². The van der Waals surface area contributed by atoms with Gasteiger partial charge in [-0.25, -0.2) is 0 Å². The molecule has 2 aromatic carbocycles. The van der Waals surface area contributed by atoms with Crippen LogP contribution < -0.4 is 4.74 Å².